The molecule has 0 fully saturated rings. The van der Waals surface area contributed by atoms with Crippen molar-refractivity contribution in [3.8, 4) is 17.0 Å². The number of hydrogen-bond donors (Lipinski definition) is 1. The molecule has 0 aliphatic carbocycles. The maximum absolute atomic E-state index is 11.8. The molecule has 0 atom stereocenters. The number of nitrogens with zero attached hydrogens (tertiary/aromatic N) is 3. The van der Waals surface area contributed by atoms with E-state index in [1.807, 2.05) is 26.0 Å². The molecule has 1 aromatic heterocycles. The number of likely N-dealkylation sites (N-methyl/N-ethyl adjacent to an activating group) is 1. The summed E-state index contributed by atoms with van der Waals surface area (Å²) in [5.74, 6) is 0.0370. The standard InChI is InChI=1S/C16H18N4O3/c1-8-5-12-11(19(3)13(21)7-23-12)6-10(8)14-9(2)15(16(17)22)20(4)18-14/h5-6H,7H2,1-4H3,(H2,17,22). The van der Waals surface area contributed by atoms with E-state index in [1.165, 1.54) is 4.68 Å². The maximum Gasteiger partial charge on any atom is 0.267 e. The SMILES string of the molecule is Cc1cc2c(cc1-c1nn(C)c(C(N)=O)c1C)N(C)C(=O)CO2. The molecule has 7 heteroatoms. The number of hydrogen-bond acceptors (Lipinski definition) is 4. The minimum Gasteiger partial charge on any atom is -0.482 e. The van der Waals surface area contributed by atoms with Gasteiger partial charge in [-0.05, 0) is 31.5 Å². The van der Waals surface area contributed by atoms with E-state index in [4.69, 9.17) is 10.5 Å². The van der Waals surface area contributed by atoms with Crippen LogP contribution in [0.25, 0.3) is 11.3 Å². The van der Waals surface area contributed by atoms with E-state index in [-0.39, 0.29) is 12.5 Å². The number of carbonyl (C=O) groups excluding carboxylic acids is 2. The molecule has 0 spiro atoms. The fourth-order valence-corrected chi connectivity index (χ4v) is 2.90. The lowest BCUT2D eigenvalue weighted by Crippen LogP contribution is -2.35. The molecule has 0 bridgehead atoms. The first kappa shape index (κ1) is 15.1. The Labute approximate surface area is 133 Å². The highest BCUT2D eigenvalue weighted by Crippen LogP contribution is 2.38. The molecule has 0 saturated heterocycles. The zero-order valence-corrected chi connectivity index (χ0v) is 13.5. The number of benzene rings is 1. The maximum atomic E-state index is 11.8. The Morgan fingerprint density at radius 2 is 2.00 bits per heavy atom. The summed E-state index contributed by atoms with van der Waals surface area (Å²) in [6.07, 6.45) is 0. The lowest BCUT2D eigenvalue weighted by molar-refractivity contribution is -0.120. The molecular formula is C16H18N4O3. The smallest absolute Gasteiger partial charge is 0.267 e. The average Bonchev–Trinajstić information content (AvgIpc) is 2.77. The van der Waals surface area contributed by atoms with E-state index in [1.54, 1.807) is 19.0 Å². The Hall–Kier alpha value is -2.83. The van der Waals surface area contributed by atoms with Gasteiger partial charge in [0.05, 0.1) is 11.4 Å². The molecule has 0 unspecified atom stereocenters. The Morgan fingerprint density at radius 3 is 2.61 bits per heavy atom. The lowest BCUT2D eigenvalue weighted by atomic mass is 9.99. The number of rotatable bonds is 2. The van der Waals surface area contributed by atoms with E-state index >= 15 is 0 Å². The summed E-state index contributed by atoms with van der Waals surface area (Å²) in [4.78, 5) is 25.0. The molecule has 2 N–H and O–H groups in total. The molecule has 1 aliphatic heterocycles. The molecule has 3 rings (SSSR count). The first-order valence-electron chi connectivity index (χ1n) is 7.19. The van der Waals surface area contributed by atoms with Crippen molar-refractivity contribution in [1.82, 2.24) is 9.78 Å². The minimum absolute atomic E-state index is 0.0384. The van der Waals surface area contributed by atoms with Gasteiger partial charge in [-0.3, -0.25) is 14.3 Å². The molecule has 2 aromatic rings. The number of primary amides is 1. The van der Waals surface area contributed by atoms with Gasteiger partial charge >= 0.3 is 0 Å². The number of amides is 2. The number of fused-ring (bicyclic) bond motifs is 1. The van der Waals surface area contributed by atoms with Gasteiger partial charge in [-0.1, -0.05) is 0 Å². The molecule has 1 aliphatic rings. The van der Waals surface area contributed by atoms with Crippen molar-refractivity contribution in [1.29, 1.82) is 0 Å². The number of anilines is 1. The third-order valence-electron chi connectivity index (χ3n) is 4.17. The first-order chi connectivity index (χ1) is 10.8. The monoisotopic (exact) mass is 314 g/mol. The van der Waals surface area contributed by atoms with E-state index < -0.39 is 5.91 Å². The van der Waals surface area contributed by atoms with Crippen LogP contribution < -0.4 is 15.4 Å². The van der Waals surface area contributed by atoms with Gasteiger partial charge in [0.25, 0.3) is 11.8 Å². The van der Waals surface area contributed by atoms with Gasteiger partial charge < -0.3 is 15.4 Å². The molecule has 23 heavy (non-hydrogen) atoms. The molecule has 2 heterocycles. The number of aryl methyl sites for hydroxylation is 2. The highest BCUT2D eigenvalue weighted by Gasteiger charge is 2.26. The summed E-state index contributed by atoms with van der Waals surface area (Å²) in [5.41, 5.74) is 9.66. The zero-order valence-electron chi connectivity index (χ0n) is 13.5. The normalized spacial score (nSPS) is 13.7. The number of aromatic nitrogens is 2. The molecule has 0 saturated carbocycles. The van der Waals surface area contributed by atoms with Crippen LogP contribution in [0.1, 0.15) is 21.6 Å². The van der Waals surface area contributed by atoms with Crippen molar-refractivity contribution in [3.05, 3.63) is 29.0 Å². The summed E-state index contributed by atoms with van der Waals surface area (Å²) in [5, 5.41) is 4.43. The Bertz CT molecular complexity index is 838. The highest BCUT2D eigenvalue weighted by molar-refractivity contribution is 5.99. The van der Waals surface area contributed by atoms with Crippen molar-refractivity contribution in [2.24, 2.45) is 12.8 Å². The topological polar surface area (TPSA) is 90.5 Å². The van der Waals surface area contributed by atoms with Gasteiger partial charge in [0.15, 0.2) is 6.61 Å². The lowest BCUT2D eigenvalue weighted by Gasteiger charge is -2.27. The van der Waals surface area contributed by atoms with Crippen LogP contribution in [0.2, 0.25) is 0 Å². The van der Waals surface area contributed by atoms with Crippen LogP contribution in [0.4, 0.5) is 5.69 Å². The fourth-order valence-electron chi connectivity index (χ4n) is 2.90. The second-order valence-corrected chi connectivity index (χ2v) is 5.69. The van der Waals surface area contributed by atoms with Crippen molar-refractivity contribution in [2.75, 3.05) is 18.6 Å². The van der Waals surface area contributed by atoms with Crippen LogP contribution in [-0.4, -0.2) is 35.2 Å². The summed E-state index contributed by atoms with van der Waals surface area (Å²) >= 11 is 0. The predicted octanol–water partition coefficient (Wildman–Crippen LogP) is 1.16. The van der Waals surface area contributed by atoms with Crippen LogP contribution in [-0.2, 0) is 11.8 Å². The summed E-state index contributed by atoms with van der Waals surface area (Å²) in [7, 11) is 3.39. The number of carbonyl (C=O) groups is 2. The van der Waals surface area contributed by atoms with Gasteiger partial charge in [-0.2, -0.15) is 5.10 Å². The average molecular weight is 314 g/mol. The summed E-state index contributed by atoms with van der Waals surface area (Å²) < 4.78 is 6.97. The van der Waals surface area contributed by atoms with Gasteiger partial charge in [0, 0.05) is 25.2 Å². The largest absolute Gasteiger partial charge is 0.482 e. The number of ether oxygens (including phenoxy) is 1. The van der Waals surface area contributed by atoms with Gasteiger partial charge in [-0.15, -0.1) is 0 Å². The van der Waals surface area contributed by atoms with Crippen molar-refractivity contribution < 1.29 is 14.3 Å². The van der Waals surface area contributed by atoms with Crippen LogP contribution in [0, 0.1) is 13.8 Å². The van der Waals surface area contributed by atoms with Crippen molar-refractivity contribution >= 4 is 17.5 Å². The Balaban J connectivity index is 2.20. The van der Waals surface area contributed by atoms with Gasteiger partial charge in [0.2, 0.25) is 0 Å². The zero-order chi connectivity index (χ0) is 16.9. The predicted molar refractivity (Wildman–Crippen MR) is 85.5 cm³/mol. The second kappa shape index (κ2) is 5.12. The molecule has 120 valence electrons. The van der Waals surface area contributed by atoms with E-state index in [9.17, 15) is 9.59 Å². The highest BCUT2D eigenvalue weighted by atomic mass is 16.5. The van der Waals surface area contributed by atoms with E-state index in [0.717, 1.165) is 11.1 Å². The number of nitrogens with two attached hydrogens (primary N) is 1. The van der Waals surface area contributed by atoms with Gasteiger partial charge in [-0.25, -0.2) is 0 Å². The minimum atomic E-state index is -0.519. The van der Waals surface area contributed by atoms with Gasteiger partial charge in [0.1, 0.15) is 11.4 Å². The Kier molecular flexibility index (Phi) is 3.35. The molecular weight excluding hydrogens is 296 g/mol. The molecule has 7 nitrogen and oxygen atoms in total. The second-order valence-electron chi connectivity index (χ2n) is 5.69. The van der Waals surface area contributed by atoms with Crippen LogP contribution in [0.3, 0.4) is 0 Å². The molecule has 0 radical (unpaired) electrons. The third kappa shape index (κ3) is 2.25. The van der Waals surface area contributed by atoms with Crippen molar-refractivity contribution in [3.63, 3.8) is 0 Å². The van der Waals surface area contributed by atoms with Crippen molar-refractivity contribution in [2.45, 2.75) is 13.8 Å². The van der Waals surface area contributed by atoms with Crippen LogP contribution >= 0.6 is 0 Å². The first-order valence-corrected chi connectivity index (χ1v) is 7.19. The quantitative estimate of drug-likeness (QED) is 0.900. The summed E-state index contributed by atoms with van der Waals surface area (Å²) in [6, 6.07) is 3.74. The molecule has 2 amide bonds. The van der Waals surface area contributed by atoms with E-state index in [0.29, 0.717) is 28.4 Å². The van der Waals surface area contributed by atoms with Crippen LogP contribution in [0.15, 0.2) is 12.1 Å². The Morgan fingerprint density at radius 1 is 1.30 bits per heavy atom. The third-order valence-corrected chi connectivity index (χ3v) is 4.17. The summed E-state index contributed by atoms with van der Waals surface area (Å²) in [6.45, 7) is 3.79. The fraction of sp³-hybridized carbons (Fsp3) is 0.312. The van der Waals surface area contributed by atoms with E-state index in [2.05, 4.69) is 5.10 Å². The molecule has 1 aromatic carbocycles. The van der Waals surface area contributed by atoms with Crippen LogP contribution in [0.5, 0.6) is 5.75 Å².